The molecule has 6 nitrogen and oxygen atoms in total. The van der Waals surface area contributed by atoms with Gasteiger partial charge < -0.3 is 9.84 Å². The maximum Gasteiger partial charge on any atom is 0.198 e. The molecule has 0 unspecified atom stereocenters. The second kappa shape index (κ2) is 5.87. The fraction of sp³-hybridized carbons (Fsp3) is 0.316. The molecule has 1 aliphatic rings. The minimum absolute atomic E-state index is 0.114. The minimum atomic E-state index is -0.114. The summed E-state index contributed by atoms with van der Waals surface area (Å²) in [7, 11) is 1.61. The van der Waals surface area contributed by atoms with Gasteiger partial charge in [0.25, 0.3) is 0 Å². The second-order valence-electron chi connectivity index (χ2n) is 6.40. The number of methoxy groups -OCH3 is 1. The van der Waals surface area contributed by atoms with Gasteiger partial charge in [-0.25, -0.2) is 9.50 Å². The molecular weight excluding hydrogens is 316 g/mol. The van der Waals surface area contributed by atoms with E-state index < -0.39 is 0 Å². The molecule has 2 aromatic heterocycles. The predicted molar refractivity (Wildman–Crippen MR) is 92.3 cm³/mol. The molecule has 6 heteroatoms. The van der Waals surface area contributed by atoms with Gasteiger partial charge in [-0.1, -0.05) is 12.1 Å². The lowest BCUT2D eigenvalue weighted by molar-refractivity contribution is 0.268. The Kier molecular flexibility index (Phi) is 3.66. The van der Waals surface area contributed by atoms with Crippen LogP contribution in [0.1, 0.15) is 30.7 Å². The van der Waals surface area contributed by atoms with Crippen LogP contribution >= 0.6 is 0 Å². The van der Waals surface area contributed by atoms with Crippen molar-refractivity contribution in [3.8, 4) is 23.1 Å². The van der Waals surface area contributed by atoms with Gasteiger partial charge in [-0.3, -0.25) is 0 Å². The SMILES string of the molecule is COc1ccc(-c2cccc(C#N)c2)n2nc(C3(CCO)CC3)nc12. The number of hydrogen-bond donors (Lipinski definition) is 1. The van der Waals surface area contributed by atoms with Gasteiger partial charge in [0, 0.05) is 17.6 Å². The van der Waals surface area contributed by atoms with Crippen LogP contribution in [0.25, 0.3) is 16.9 Å². The van der Waals surface area contributed by atoms with Crippen molar-refractivity contribution in [1.82, 2.24) is 14.6 Å². The van der Waals surface area contributed by atoms with Crippen molar-refractivity contribution in [2.45, 2.75) is 24.7 Å². The van der Waals surface area contributed by atoms with Gasteiger partial charge in [0.05, 0.1) is 24.4 Å². The number of ether oxygens (including phenoxy) is 1. The fourth-order valence-corrected chi connectivity index (χ4v) is 3.24. The van der Waals surface area contributed by atoms with Crippen LogP contribution in [0, 0.1) is 11.3 Å². The lowest BCUT2D eigenvalue weighted by Gasteiger charge is -2.08. The van der Waals surface area contributed by atoms with E-state index in [4.69, 9.17) is 20.1 Å². The Bertz CT molecular complexity index is 983. The average Bonchev–Trinajstić information content (AvgIpc) is 3.29. The van der Waals surface area contributed by atoms with Crippen LogP contribution < -0.4 is 4.74 Å². The number of aliphatic hydroxyl groups is 1. The van der Waals surface area contributed by atoms with Gasteiger partial charge in [0.15, 0.2) is 17.2 Å². The van der Waals surface area contributed by atoms with Crippen LogP contribution in [-0.2, 0) is 5.41 Å². The van der Waals surface area contributed by atoms with E-state index in [0.717, 1.165) is 29.9 Å². The van der Waals surface area contributed by atoms with Crippen molar-refractivity contribution in [1.29, 1.82) is 5.26 Å². The van der Waals surface area contributed by atoms with Crippen molar-refractivity contribution in [2.24, 2.45) is 0 Å². The lowest BCUT2D eigenvalue weighted by Crippen LogP contribution is -2.11. The largest absolute Gasteiger partial charge is 0.493 e. The number of fused-ring (bicyclic) bond motifs is 1. The van der Waals surface area contributed by atoms with Crippen LogP contribution in [-0.4, -0.2) is 33.4 Å². The average molecular weight is 334 g/mol. The number of aliphatic hydroxyl groups excluding tert-OH is 1. The predicted octanol–water partition coefficient (Wildman–Crippen LogP) is 2.69. The number of nitrogens with zero attached hydrogens (tertiary/aromatic N) is 4. The highest BCUT2D eigenvalue weighted by Gasteiger charge is 2.47. The summed E-state index contributed by atoms with van der Waals surface area (Å²) in [6, 6.07) is 13.4. The summed E-state index contributed by atoms with van der Waals surface area (Å²) in [5.41, 5.74) is 2.89. The van der Waals surface area contributed by atoms with Gasteiger partial charge in [-0.2, -0.15) is 5.26 Å². The molecule has 0 spiro atoms. The molecule has 0 amide bonds. The Morgan fingerprint density at radius 3 is 2.84 bits per heavy atom. The highest BCUT2D eigenvalue weighted by molar-refractivity contribution is 5.68. The first-order chi connectivity index (χ1) is 12.2. The molecule has 1 N–H and O–H groups in total. The summed E-state index contributed by atoms with van der Waals surface area (Å²) in [5, 5.41) is 23.2. The molecule has 2 heterocycles. The van der Waals surface area contributed by atoms with Gasteiger partial charge in [0.1, 0.15) is 0 Å². The number of rotatable bonds is 5. The Hall–Kier alpha value is -2.91. The molecule has 25 heavy (non-hydrogen) atoms. The van der Waals surface area contributed by atoms with E-state index in [-0.39, 0.29) is 12.0 Å². The molecule has 0 bridgehead atoms. The minimum Gasteiger partial charge on any atom is -0.493 e. The third-order valence-corrected chi connectivity index (χ3v) is 4.87. The highest BCUT2D eigenvalue weighted by atomic mass is 16.5. The summed E-state index contributed by atoms with van der Waals surface area (Å²) in [6.07, 6.45) is 2.66. The first kappa shape index (κ1) is 15.6. The number of aromatic nitrogens is 3. The molecule has 126 valence electrons. The standard InChI is InChI=1S/C19H18N4O2/c1-25-16-6-5-15(14-4-2-3-13(11-14)12-20)23-17(16)21-18(22-23)19(7-8-19)9-10-24/h2-6,11,24H,7-10H2,1H3. The Labute approximate surface area is 145 Å². The normalized spacial score (nSPS) is 15.1. The molecule has 0 aliphatic heterocycles. The number of benzene rings is 1. The van der Waals surface area contributed by atoms with Gasteiger partial charge in [-0.05, 0) is 43.5 Å². The quantitative estimate of drug-likeness (QED) is 0.775. The van der Waals surface area contributed by atoms with E-state index in [9.17, 15) is 5.11 Å². The van der Waals surface area contributed by atoms with Crippen LogP contribution in [0.2, 0.25) is 0 Å². The first-order valence-electron chi connectivity index (χ1n) is 8.26. The summed E-state index contributed by atoms with van der Waals surface area (Å²) in [4.78, 5) is 4.72. The van der Waals surface area contributed by atoms with E-state index in [0.29, 0.717) is 23.4 Å². The third-order valence-electron chi connectivity index (χ3n) is 4.87. The van der Waals surface area contributed by atoms with Crippen molar-refractivity contribution < 1.29 is 9.84 Å². The third kappa shape index (κ3) is 2.53. The number of pyridine rings is 1. The van der Waals surface area contributed by atoms with E-state index in [1.807, 2.05) is 30.3 Å². The van der Waals surface area contributed by atoms with Crippen LogP contribution in [0.4, 0.5) is 0 Å². The maximum absolute atomic E-state index is 9.35. The lowest BCUT2D eigenvalue weighted by atomic mass is 10.0. The van der Waals surface area contributed by atoms with Crippen LogP contribution in [0.5, 0.6) is 5.75 Å². The van der Waals surface area contributed by atoms with Crippen LogP contribution in [0.15, 0.2) is 36.4 Å². The van der Waals surface area contributed by atoms with Gasteiger partial charge >= 0.3 is 0 Å². The molecule has 3 aromatic rings. The summed E-state index contributed by atoms with van der Waals surface area (Å²) in [6.45, 7) is 0.129. The Morgan fingerprint density at radius 1 is 1.32 bits per heavy atom. The molecule has 1 aromatic carbocycles. The van der Waals surface area contributed by atoms with Crippen molar-refractivity contribution >= 4 is 5.65 Å². The van der Waals surface area contributed by atoms with Crippen molar-refractivity contribution in [2.75, 3.05) is 13.7 Å². The zero-order chi connectivity index (χ0) is 17.4. The summed E-state index contributed by atoms with van der Waals surface area (Å²) < 4.78 is 7.22. The van der Waals surface area contributed by atoms with E-state index in [1.54, 1.807) is 17.7 Å². The second-order valence-corrected chi connectivity index (χ2v) is 6.40. The van der Waals surface area contributed by atoms with Crippen LogP contribution in [0.3, 0.4) is 0 Å². The Balaban J connectivity index is 1.91. The molecule has 0 radical (unpaired) electrons. The van der Waals surface area contributed by atoms with Crippen molar-refractivity contribution in [3.05, 3.63) is 47.8 Å². The van der Waals surface area contributed by atoms with E-state index in [1.165, 1.54) is 0 Å². The van der Waals surface area contributed by atoms with Crippen molar-refractivity contribution in [3.63, 3.8) is 0 Å². The highest BCUT2D eigenvalue weighted by Crippen LogP contribution is 2.49. The molecule has 1 saturated carbocycles. The number of hydrogen-bond acceptors (Lipinski definition) is 5. The molecule has 1 aliphatic carbocycles. The fourth-order valence-electron chi connectivity index (χ4n) is 3.24. The zero-order valence-electron chi connectivity index (χ0n) is 13.9. The molecule has 0 atom stereocenters. The monoisotopic (exact) mass is 334 g/mol. The summed E-state index contributed by atoms with van der Waals surface area (Å²) >= 11 is 0. The molecular formula is C19H18N4O2. The van der Waals surface area contributed by atoms with Gasteiger partial charge in [-0.15, -0.1) is 5.10 Å². The molecule has 0 saturated heterocycles. The first-order valence-corrected chi connectivity index (χ1v) is 8.26. The van der Waals surface area contributed by atoms with E-state index >= 15 is 0 Å². The topological polar surface area (TPSA) is 83.4 Å². The van der Waals surface area contributed by atoms with Gasteiger partial charge in [0.2, 0.25) is 0 Å². The molecule has 1 fully saturated rings. The van der Waals surface area contributed by atoms with E-state index in [2.05, 4.69) is 6.07 Å². The number of nitriles is 1. The summed E-state index contributed by atoms with van der Waals surface area (Å²) in [5.74, 6) is 1.41. The smallest absolute Gasteiger partial charge is 0.198 e. The zero-order valence-corrected chi connectivity index (χ0v) is 13.9. The molecule has 4 rings (SSSR count). The maximum atomic E-state index is 9.35. The Morgan fingerprint density at radius 2 is 2.16 bits per heavy atom.